The molecular weight excluding hydrogens is 317 g/mol. The summed E-state index contributed by atoms with van der Waals surface area (Å²) in [6.07, 6.45) is -1.36. The zero-order valence-corrected chi connectivity index (χ0v) is 11.3. The van der Waals surface area contributed by atoms with Crippen LogP contribution in [-0.2, 0) is 12.7 Å². The smallest absolute Gasteiger partial charge is 0.451 e. The molecule has 0 aliphatic carbocycles. The molecule has 0 aliphatic rings. The lowest BCUT2D eigenvalue weighted by atomic mass is 10.4. The highest BCUT2D eigenvalue weighted by Crippen LogP contribution is 2.26. The van der Waals surface area contributed by atoms with E-state index in [9.17, 15) is 18.0 Å². The summed E-state index contributed by atoms with van der Waals surface area (Å²) in [7, 11) is 0. The Bertz CT molecular complexity index is 805. The normalized spacial score (nSPS) is 11.6. The molecule has 0 aromatic carbocycles. The van der Waals surface area contributed by atoms with Crippen molar-refractivity contribution in [3.63, 3.8) is 0 Å². The summed E-state index contributed by atoms with van der Waals surface area (Å²) in [4.78, 5) is 15.0. The number of carbonyl (C=O) groups excluding carboxylic acids is 1. The molecule has 0 unspecified atom stereocenters. The molecular formula is C12H9F3N6O2. The molecule has 8 nitrogen and oxygen atoms in total. The second kappa shape index (κ2) is 5.59. The van der Waals surface area contributed by atoms with Crippen LogP contribution < -0.4 is 5.32 Å². The van der Waals surface area contributed by atoms with Crippen LogP contribution in [0.15, 0.2) is 35.0 Å². The third-order valence-corrected chi connectivity index (χ3v) is 2.74. The molecule has 120 valence electrons. The van der Waals surface area contributed by atoms with Crippen molar-refractivity contribution >= 4 is 11.9 Å². The maximum absolute atomic E-state index is 12.4. The van der Waals surface area contributed by atoms with Crippen molar-refractivity contribution in [2.24, 2.45) is 0 Å². The Morgan fingerprint density at radius 2 is 2.22 bits per heavy atom. The van der Waals surface area contributed by atoms with Crippen LogP contribution >= 0.6 is 0 Å². The fourth-order valence-corrected chi connectivity index (χ4v) is 1.75. The van der Waals surface area contributed by atoms with Crippen LogP contribution in [0, 0.1) is 0 Å². The van der Waals surface area contributed by atoms with Crippen molar-refractivity contribution in [1.29, 1.82) is 0 Å². The molecule has 3 aromatic heterocycles. The number of hydrogen-bond acceptors (Lipinski definition) is 5. The first-order valence-electron chi connectivity index (χ1n) is 6.29. The van der Waals surface area contributed by atoms with E-state index in [2.05, 4.69) is 20.5 Å². The summed E-state index contributed by atoms with van der Waals surface area (Å²) in [6, 6.07) is 4.69. The third kappa shape index (κ3) is 3.39. The van der Waals surface area contributed by atoms with E-state index < -0.39 is 23.9 Å². The van der Waals surface area contributed by atoms with Crippen LogP contribution in [0.1, 0.15) is 22.1 Å². The van der Waals surface area contributed by atoms with Crippen LogP contribution in [0.2, 0.25) is 0 Å². The lowest BCUT2D eigenvalue weighted by Crippen LogP contribution is -2.13. The summed E-state index contributed by atoms with van der Waals surface area (Å²) in [5, 5.41) is 11.1. The van der Waals surface area contributed by atoms with Crippen LogP contribution in [-0.4, -0.2) is 30.9 Å². The molecule has 0 spiro atoms. The van der Waals surface area contributed by atoms with Gasteiger partial charge in [-0.25, -0.2) is 0 Å². The molecule has 3 aromatic rings. The summed E-state index contributed by atoms with van der Waals surface area (Å²) in [6.45, 7) is 0.319. The quantitative estimate of drug-likeness (QED) is 0.762. The van der Waals surface area contributed by atoms with E-state index >= 15 is 0 Å². The van der Waals surface area contributed by atoms with Gasteiger partial charge in [-0.05, 0) is 18.2 Å². The maximum Gasteiger partial charge on any atom is 0.451 e. The molecule has 3 heterocycles. The first-order chi connectivity index (χ1) is 10.9. The van der Waals surface area contributed by atoms with E-state index in [4.69, 9.17) is 4.42 Å². The second-order valence-electron chi connectivity index (χ2n) is 4.43. The second-order valence-corrected chi connectivity index (χ2v) is 4.43. The predicted molar refractivity (Wildman–Crippen MR) is 69.4 cm³/mol. The molecule has 0 bridgehead atoms. The number of H-pyrrole nitrogens is 1. The van der Waals surface area contributed by atoms with Gasteiger partial charge in [-0.15, -0.1) is 5.10 Å². The molecule has 2 N–H and O–H groups in total. The monoisotopic (exact) mass is 326 g/mol. The highest BCUT2D eigenvalue weighted by Gasteiger charge is 2.35. The highest BCUT2D eigenvalue weighted by molar-refractivity contribution is 6.01. The number of alkyl halides is 3. The number of aromatic nitrogens is 5. The number of amides is 1. The van der Waals surface area contributed by atoms with Gasteiger partial charge in [0.1, 0.15) is 5.76 Å². The molecule has 3 rings (SSSR count). The van der Waals surface area contributed by atoms with E-state index in [1.165, 1.54) is 6.07 Å². The number of nitrogens with one attached hydrogen (secondary N) is 2. The van der Waals surface area contributed by atoms with E-state index in [1.54, 1.807) is 34.3 Å². The van der Waals surface area contributed by atoms with Gasteiger partial charge < -0.3 is 4.42 Å². The minimum atomic E-state index is -4.67. The Morgan fingerprint density at radius 3 is 2.87 bits per heavy atom. The Hall–Kier alpha value is -3.11. The standard InChI is InChI=1S/C12H9F3N6O2/c13-12(14,15)10-18-11(20-19-10)17-9(22)8-3-2-7(23-8)6-21-5-1-4-16-21/h1-5H,6H2,(H2,17,18,19,20,22). The topological polar surface area (TPSA) is 102 Å². The van der Waals surface area contributed by atoms with Gasteiger partial charge in [0.15, 0.2) is 5.76 Å². The maximum atomic E-state index is 12.4. The van der Waals surface area contributed by atoms with E-state index in [1.807, 2.05) is 0 Å². The minimum Gasteiger partial charge on any atom is -0.454 e. The number of halogens is 3. The van der Waals surface area contributed by atoms with Crippen molar-refractivity contribution in [2.75, 3.05) is 5.32 Å². The molecule has 0 fully saturated rings. The molecule has 11 heteroatoms. The van der Waals surface area contributed by atoms with Crippen LogP contribution in [0.3, 0.4) is 0 Å². The first kappa shape index (κ1) is 14.8. The molecule has 0 radical (unpaired) electrons. The first-order valence-corrected chi connectivity index (χ1v) is 6.29. The molecule has 0 atom stereocenters. The van der Waals surface area contributed by atoms with Gasteiger partial charge in [-0.1, -0.05) is 0 Å². The van der Waals surface area contributed by atoms with Crippen molar-refractivity contribution in [2.45, 2.75) is 12.7 Å². The average molecular weight is 326 g/mol. The molecule has 0 saturated carbocycles. The van der Waals surface area contributed by atoms with Crippen LogP contribution in [0.25, 0.3) is 0 Å². The Kier molecular flexibility index (Phi) is 3.60. The number of hydrogen-bond donors (Lipinski definition) is 2. The lowest BCUT2D eigenvalue weighted by molar-refractivity contribution is -0.144. The van der Waals surface area contributed by atoms with Crippen molar-refractivity contribution in [1.82, 2.24) is 25.0 Å². The zero-order chi connectivity index (χ0) is 16.4. The van der Waals surface area contributed by atoms with Gasteiger partial charge in [0.05, 0.1) is 6.54 Å². The highest BCUT2D eigenvalue weighted by atomic mass is 19.4. The third-order valence-electron chi connectivity index (χ3n) is 2.74. The molecule has 1 amide bonds. The van der Waals surface area contributed by atoms with E-state index in [-0.39, 0.29) is 5.76 Å². The number of anilines is 1. The number of carbonyl (C=O) groups is 1. The van der Waals surface area contributed by atoms with Crippen molar-refractivity contribution in [3.8, 4) is 0 Å². The van der Waals surface area contributed by atoms with E-state index in [0.29, 0.717) is 12.3 Å². The number of nitrogens with zero attached hydrogens (tertiary/aromatic N) is 4. The minimum absolute atomic E-state index is 0.0782. The van der Waals surface area contributed by atoms with Gasteiger partial charge in [0.2, 0.25) is 11.8 Å². The summed E-state index contributed by atoms with van der Waals surface area (Å²) >= 11 is 0. The molecule has 23 heavy (non-hydrogen) atoms. The fraction of sp³-hybridized carbons (Fsp3) is 0.167. The van der Waals surface area contributed by atoms with Gasteiger partial charge >= 0.3 is 6.18 Å². The Balaban J connectivity index is 1.66. The van der Waals surface area contributed by atoms with Gasteiger partial charge in [-0.2, -0.15) is 23.3 Å². The average Bonchev–Trinajstić information content (AvgIpc) is 3.18. The lowest BCUT2D eigenvalue weighted by Gasteiger charge is -1.99. The van der Waals surface area contributed by atoms with Gasteiger partial charge in [0.25, 0.3) is 5.91 Å². The predicted octanol–water partition coefficient (Wildman–Crippen LogP) is 1.91. The Labute approximate surface area is 126 Å². The van der Waals surface area contributed by atoms with Crippen molar-refractivity contribution in [3.05, 3.63) is 47.9 Å². The number of rotatable bonds is 4. The fourth-order valence-electron chi connectivity index (χ4n) is 1.75. The molecule has 0 saturated heterocycles. The molecule has 0 aliphatic heterocycles. The summed E-state index contributed by atoms with van der Waals surface area (Å²) < 4.78 is 44.0. The Morgan fingerprint density at radius 1 is 1.39 bits per heavy atom. The van der Waals surface area contributed by atoms with Crippen molar-refractivity contribution < 1.29 is 22.4 Å². The van der Waals surface area contributed by atoms with Gasteiger partial charge in [0, 0.05) is 12.4 Å². The SMILES string of the molecule is O=C(Nc1n[nH]c(C(F)(F)F)n1)c1ccc(Cn2cccn2)o1. The van der Waals surface area contributed by atoms with Crippen LogP contribution in [0.4, 0.5) is 19.1 Å². The van der Waals surface area contributed by atoms with Gasteiger partial charge in [-0.3, -0.25) is 19.9 Å². The van der Waals surface area contributed by atoms with E-state index in [0.717, 1.165) is 0 Å². The number of aromatic amines is 1. The van der Waals surface area contributed by atoms with Crippen LogP contribution in [0.5, 0.6) is 0 Å². The summed E-state index contributed by atoms with van der Waals surface area (Å²) in [5.74, 6) is -2.17. The number of furan rings is 1. The largest absolute Gasteiger partial charge is 0.454 e. The summed E-state index contributed by atoms with van der Waals surface area (Å²) in [5.41, 5.74) is 0. The zero-order valence-electron chi connectivity index (χ0n) is 11.3.